The largest absolute Gasteiger partial charge is 0.494 e. The lowest BCUT2D eigenvalue weighted by Crippen LogP contribution is -2.45. The first-order chi connectivity index (χ1) is 9.27. The van der Waals surface area contributed by atoms with Crippen LogP contribution in [0.5, 0.6) is 5.75 Å². The van der Waals surface area contributed by atoms with E-state index in [1.807, 2.05) is 4.90 Å². The smallest absolute Gasteiger partial charge is 0.257 e. The lowest BCUT2D eigenvalue weighted by Gasteiger charge is -2.37. The monoisotopic (exact) mass is 264 g/mol. The van der Waals surface area contributed by atoms with E-state index in [2.05, 4.69) is 4.98 Å². The minimum absolute atomic E-state index is 0.0302. The van der Waals surface area contributed by atoms with Crippen molar-refractivity contribution in [2.24, 2.45) is 0 Å². The summed E-state index contributed by atoms with van der Waals surface area (Å²) in [5.41, 5.74) is 0.544. The Kier molecular flexibility index (Phi) is 4.74. The summed E-state index contributed by atoms with van der Waals surface area (Å²) in [7, 11) is 1.54. The number of methoxy groups -OCH3 is 1. The normalized spacial score (nSPS) is 14.8. The fourth-order valence-electron chi connectivity index (χ4n) is 2.26. The summed E-state index contributed by atoms with van der Waals surface area (Å²) in [5.74, 6) is 0.471. The molecular formula is C14H20N2O3. The van der Waals surface area contributed by atoms with E-state index in [1.54, 1.807) is 18.5 Å². The van der Waals surface area contributed by atoms with Gasteiger partial charge in [-0.3, -0.25) is 9.78 Å². The number of carbonyl (C=O) groups excluding carboxylic acids is 1. The average Bonchev–Trinajstić information content (AvgIpc) is 2.40. The van der Waals surface area contributed by atoms with Gasteiger partial charge in [-0.05, 0) is 31.7 Å². The SMILES string of the molecule is COc1cnccc1C(=O)N(CCCO)C1CCC1. The van der Waals surface area contributed by atoms with Crippen molar-refractivity contribution in [3.05, 3.63) is 24.0 Å². The van der Waals surface area contributed by atoms with Gasteiger partial charge in [0.1, 0.15) is 5.75 Å². The lowest BCUT2D eigenvalue weighted by molar-refractivity contribution is 0.0559. The zero-order chi connectivity index (χ0) is 13.7. The van der Waals surface area contributed by atoms with Crippen LogP contribution in [0.2, 0.25) is 0 Å². The second-order valence-electron chi connectivity index (χ2n) is 4.74. The second-order valence-corrected chi connectivity index (χ2v) is 4.74. The molecule has 5 nitrogen and oxygen atoms in total. The molecule has 1 fully saturated rings. The lowest BCUT2D eigenvalue weighted by atomic mass is 9.90. The van der Waals surface area contributed by atoms with Crippen molar-refractivity contribution in [2.75, 3.05) is 20.3 Å². The first kappa shape index (κ1) is 13.8. The quantitative estimate of drug-likeness (QED) is 0.845. The van der Waals surface area contributed by atoms with E-state index >= 15 is 0 Å². The van der Waals surface area contributed by atoms with Gasteiger partial charge in [0.2, 0.25) is 0 Å². The Morgan fingerprint density at radius 2 is 2.37 bits per heavy atom. The van der Waals surface area contributed by atoms with E-state index in [4.69, 9.17) is 9.84 Å². The fraction of sp³-hybridized carbons (Fsp3) is 0.571. The number of carbonyl (C=O) groups is 1. The minimum atomic E-state index is -0.0302. The van der Waals surface area contributed by atoms with Gasteiger partial charge >= 0.3 is 0 Å². The number of amides is 1. The molecule has 0 bridgehead atoms. The van der Waals surface area contributed by atoms with Crippen LogP contribution < -0.4 is 4.74 Å². The van der Waals surface area contributed by atoms with Gasteiger partial charge in [-0.15, -0.1) is 0 Å². The Morgan fingerprint density at radius 3 is 2.95 bits per heavy atom. The number of aliphatic hydroxyl groups excluding tert-OH is 1. The highest BCUT2D eigenvalue weighted by Gasteiger charge is 2.30. The van der Waals surface area contributed by atoms with Crippen molar-refractivity contribution in [1.82, 2.24) is 9.88 Å². The Morgan fingerprint density at radius 1 is 1.58 bits per heavy atom. The van der Waals surface area contributed by atoms with Gasteiger partial charge in [0.05, 0.1) is 18.9 Å². The second kappa shape index (κ2) is 6.52. The summed E-state index contributed by atoms with van der Waals surface area (Å²) in [4.78, 5) is 18.4. The van der Waals surface area contributed by atoms with Gasteiger partial charge in [0.15, 0.2) is 0 Å². The van der Waals surface area contributed by atoms with E-state index in [-0.39, 0.29) is 12.5 Å². The standard InChI is InChI=1S/C14H20N2O3/c1-19-13-10-15-7-6-12(13)14(18)16(8-3-9-17)11-4-2-5-11/h6-7,10-11,17H,2-5,8-9H2,1H3. The Balaban J connectivity index is 2.17. The van der Waals surface area contributed by atoms with Gasteiger partial charge in [0.25, 0.3) is 5.91 Å². The molecule has 0 unspecified atom stereocenters. The molecule has 1 aliphatic carbocycles. The first-order valence-electron chi connectivity index (χ1n) is 6.67. The maximum Gasteiger partial charge on any atom is 0.257 e. The molecule has 104 valence electrons. The molecule has 2 rings (SSSR count). The molecule has 1 saturated carbocycles. The van der Waals surface area contributed by atoms with Gasteiger partial charge in [0, 0.05) is 25.4 Å². The van der Waals surface area contributed by atoms with Gasteiger partial charge < -0.3 is 14.7 Å². The molecule has 1 aliphatic rings. The predicted molar refractivity (Wildman–Crippen MR) is 71.2 cm³/mol. The molecule has 0 atom stereocenters. The van der Waals surface area contributed by atoms with Crippen LogP contribution in [0.15, 0.2) is 18.5 Å². The number of hydrogen-bond donors (Lipinski definition) is 1. The summed E-state index contributed by atoms with van der Waals surface area (Å²) in [6.07, 6.45) is 7.02. The number of hydrogen-bond acceptors (Lipinski definition) is 4. The molecule has 1 heterocycles. The Hall–Kier alpha value is -1.62. The summed E-state index contributed by atoms with van der Waals surface area (Å²) in [6, 6.07) is 1.99. The van der Waals surface area contributed by atoms with Crippen LogP contribution in [0.1, 0.15) is 36.0 Å². The molecule has 0 saturated heterocycles. The first-order valence-corrected chi connectivity index (χ1v) is 6.67. The van der Waals surface area contributed by atoms with Gasteiger partial charge in [-0.1, -0.05) is 0 Å². The van der Waals surface area contributed by atoms with Crippen molar-refractivity contribution in [2.45, 2.75) is 31.7 Å². The molecule has 0 radical (unpaired) electrons. The van der Waals surface area contributed by atoms with Crippen LogP contribution >= 0.6 is 0 Å². The number of ether oxygens (including phenoxy) is 1. The molecule has 1 N–H and O–H groups in total. The maximum atomic E-state index is 12.6. The van der Waals surface area contributed by atoms with Crippen molar-refractivity contribution >= 4 is 5.91 Å². The van der Waals surface area contributed by atoms with E-state index in [9.17, 15) is 4.79 Å². The highest BCUT2D eigenvalue weighted by atomic mass is 16.5. The van der Waals surface area contributed by atoms with Crippen molar-refractivity contribution in [3.8, 4) is 5.75 Å². The van der Waals surface area contributed by atoms with Crippen molar-refractivity contribution in [3.63, 3.8) is 0 Å². The number of rotatable bonds is 6. The Labute approximate surface area is 113 Å². The zero-order valence-corrected chi connectivity index (χ0v) is 11.2. The average molecular weight is 264 g/mol. The third kappa shape index (κ3) is 3.04. The van der Waals surface area contributed by atoms with Crippen LogP contribution in [0.25, 0.3) is 0 Å². The summed E-state index contributed by atoms with van der Waals surface area (Å²) < 4.78 is 5.19. The molecule has 1 aromatic heterocycles. The molecule has 0 spiro atoms. The highest BCUT2D eigenvalue weighted by molar-refractivity contribution is 5.97. The van der Waals surface area contributed by atoms with E-state index in [0.29, 0.717) is 30.3 Å². The maximum absolute atomic E-state index is 12.6. The summed E-state index contributed by atoms with van der Waals surface area (Å²) in [5, 5.41) is 8.97. The summed E-state index contributed by atoms with van der Waals surface area (Å²) >= 11 is 0. The molecule has 0 aromatic carbocycles. The number of aromatic nitrogens is 1. The number of pyridine rings is 1. The molecular weight excluding hydrogens is 244 g/mol. The number of aliphatic hydroxyl groups is 1. The van der Waals surface area contributed by atoms with E-state index < -0.39 is 0 Å². The summed E-state index contributed by atoms with van der Waals surface area (Å²) in [6.45, 7) is 0.690. The van der Waals surface area contributed by atoms with Crippen LogP contribution in [0.3, 0.4) is 0 Å². The van der Waals surface area contributed by atoms with E-state index in [0.717, 1.165) is 12.8 Å². The minimum Gasteiger partial charge on any atom is -0.494 e. The fourth-order valence-corrected chi connectivity index (χ4v) is 2.26. The van der Waals surface area contributed by atoms with Crippen LogP contribution in [-0.2, 0) is 0 Å². The van der Waals surface area contributed by atoms with Crippen molar-refractivity contribution in [1.29, 1.82) is 0 Å². The van der Waals surface area contributed by atoms with E-state index in [1.165, 1.54) is 13.5 Å². The number of nitrogens with zero attached hydrogens (tertiary/aromatic N) is 2. The van der Waals surface area contributed by atoms with Crippen molar-refractivity contribution < 1.29 is 14.6 Å². The molecule has 0 aliphatic heterocycles. The Bertz CT molecular complexity index is 432. The third-order valence-corrected chi connectivity index (χ3v) is 3.57. The molecule has 19 heavy (non-hydrogen) atoms. The third-order valence-electron chi connectivity index (χ3n) is 3.57. The van der Waals surface area contributed by atoms with Crippen LogP contribution in [0.4, 0.5) is 0 Å². The van der Waals surface area contributed by atoms with Gasteiger partial charge in [-0.2, -0.15) is 0 Å². The van der Waals surface area contributed by atoms with Crippen LogP contribution in [-0.4, -0.2) is 47.2 Å². The topological polar surface area (TPSA) is 62.7 Å². The molecule has 1 amide bonds. The molecule has 5 heteroatoms. The molecule has 1 aromatic rings. The van der Waals surface area contributed by atoms with Gasteiger partial charge in [-0.25, -0.2) is 0 Å². The predicted octanol–water partition coefficient (Wildman–Crippen LogP) is 1.47. The highest BCUT2D eigenvalue weighted by Crippen LogP contribution is 2.28. The zero-order valence-electron chi connectivity index (χ0n) is 11.2. The van der Waals surface area contributed by atoms with Crippen LogP contribution in [0, 0.1) is 0 Å².